The van der Waals surface area contributed by atoms with Gasteiger partial charge in [0.2, 0.25) is 0 Å². The standard InChI is InChI=1S/C24H26N2OS/c1-4-24(3)15-18-13-9-10-14-19(18)21-20(24)22(27)26(5-2)23(25-21)28-16-17-11-7-6-8-12-17/h6-14H,4-5,15-16H2,1-3H3. The van der Waals surface area contributed by atoms with Crippen molar-refractivity contribution >= 4 is 11.8 Å². The summed E-state index contributed by atoms with van der Waals surface area (Å²) in [6, 6.07) is 18.8. The van der Waals surface area contributed by atoms with Crippen LogP contribution in [0, 0.1) is 0 Å². The maximum atomic E-state index is 13.6. The minimum atomic E-state index is -0.173. The summed E-state index contributed by atoms with van der Waals surface area (Å²) in [6.07, 6.45) is 1.81. The summed E-state index contributed by atoms with van der Waals surface area (Å²) in [5, 5.41) is 0.810. The highest BCUT2D eigenvalue weighted by Gasteiger charge is 2.38. The molecule has 4 heteroatoms. The molecule has 0 saturated carbocycles. The predicted molar refractivity (Wildman–Crippen MR) is 117 cm³/mol. The van der Waals surface area contributed by atoms with E-state index in [0.717, 1.165) is 40.6 Å². The molecule has 1 aromatic heterocycles. The lowest BCUT2D eigenvalue weighted by molar-refractivity contribution is 0.429. The van der Waals surface area contributed by atoms with Crippen molar-refractivity contribution in [2.24, 2.45) is 0 Å². The van der Waals surface area contributed by atoms with Crippen molar-refractivity contribution in [1.29, 1.82) is 0 Å². The van der Waals surface area contributed by atoms with Crippen LogP contribution < -0.4 is 5.56 Å². The smallest absolute Gasteiger partial charge is 0.258 e. The molecular weight excluding hydrogens is 364 g/mol. The third kappa shape index (κ3) is 3.20. The van der Waals surface area contributed by atoms with Gasteiger partial charge in [-0.3, -0.25) is 9.36 Å². The Morgan fingerprint density at radius 2 is 1.79 bits per heavy atom. The molecule has 0 amide bonds. The van der Waals surface area contributed by atoms with Crippen LogP contribution >= 0.6 is 11.8 Å². The van der Waals surface area contributed by atoms with Crippen LogP contribution in [-0.4, -0.2) is 9.55 Å². The van der Waals surface area contributed by atoms with Crippen molar-refractivity contribution in [3.63, 3.8) is 0 Å². The zero-order chi connectivity index (χ0) is 19.7. The summed E-state index contributed by atoms with van der Waals surface area (Å²) in [4.78, 5) is 18.6. The molecule has 1 atom stereocenters. The normalized spacial score (nSPS) is 17.8. The molecular formula is C24H26N2OS. The first-order valence-corrected chi connectivity index (χ1v) is 11.0. The van der Waals surface area contributed by atoms with Gasteiger partial charge in [0.15, 0.2) is 5.16 Å². The molecule has 0 N–H and O–H groups in total. The van der Waals surface area contributed by atoms with Gasteiger partial charge in [0, 0.05) is 23.3 Å². The molecule has 1 aliphatic rings. The first kappa shape index (κ1) is 19.0. The van der Waals surface area contributed by atoms with Gasteiger partial charge in [0.1, 0.15) is 0 Å². The second-order valence-electron chi connectivity index (χ2n) is 7.69. The topological polar surface area (TPSA) is 34.9 Å². The molecule has 0 spiro atoms. The number of benzene rings is 2. The molecule has 3 nitrogen and oxygen atoms in total. The van der Waals surface area contributed by atoms with E-state index in [0.29, 0.717) is 6.54 Å². The van der Waals surface area contributed by atoms with E-state index < -0.39 is 0 Å². The van der Waals surface area contributed by atoms with E-state index in [2.05, 4.69) is 44.2 Å². The Kier molecular flexibility index (Phi) is 5.15. The van der Waals surface area contributed by atoms with Gasteiger partial charge in [0.05, 0.1) is 11.3 Å². The van der Waals surface area contributed by atoms with Gasteiger partial charge in [-0.05, 0) is 30.9 Å². The van der Waals surface area contributed by atoms with E-state index in [4.69, 9.17) is 4.98 Å². The summed E-state index contributed by atoms with van der Waals surface area (Å²) >= 11 is 1.65. The maximum Gasteiger partial charge on any atom is 0.258 e. The van der Waals surface area contributed by atoms with E-state index in [9.17, 15) is 4.79 Å². The van der Waals surface area contributed by atoms with Gasteiger partial charge in [-0.1, -0.05) is 80.2 Å². The van der Waals surface area contributed by atoms with Crippen LogP contribution in [0.5, 0.6) is 0 Å². The Balaban J connectivity index is 1.87. The van der Waals surface area contributed by atoms with E-state index in [1.807, 2.05) is 35.8 Å². The monoisotopic (exact) mass is 390 g/mol. The lowest BCUT2D eigenvalue weighted by Crippen LogP contribution is -2.39. The third-order valence-corrected chi connectivity index (χ3v) is 6.95. The van der Waals surface area contributed by atoms with Crippen LogP contribution in [-0.2, 0) is 24.1 Å². The summed E-state index contributed by atoms with van der Waals surface area (Å²) in [7, 11) is 0. The quantitative estimate of drug-likeness (QED) is 0.429. The summed E-state index contributed by atoms with van der Waals surface area (Å²) in [5.74, 6) is 0.804. The van der Waals surface area contributed by atoms with Crippen LogP contribution in [0.3, 0.4) is 0 Å². The Bertz CT molecular complexity index is 1060. The minimum Gasteiger partial charge on any atom is -0.288 e. The molecule has 4 rings (SSSR count). The van der Waals surface area contributed by atoms with Gasteiger partial charge in [-0.15, -0.1) is 0 Å². The average Bonchev–Trinajstić information content (AvgIpc) is 2.72. The fourth-order valence-corrected chi connectivity index (χ4v) is 5.11. The van der Waals surface area contributed by atoms with Crippen LogP contribution in [0.4, 0.5) is 0 Å². The molecule has 2 aromatic carbocycles. The van der Waals surface area contributed by atoms with Crippen molar-refractivity contribution < 1.29 is 0 Å². The van der Waals surface area contributed by atoms with Crippen molar-refractivity contribution in [2.45, 2.75) is 56.5 Å². The molecule has 3 aromatic rings. The number of aromatic nitrogens is 2. The van der Waals surface area contributed by atoms with Crippen molar-refractivity contribution in [1.82, 2.24) is 9.55 Å². The highest BCUT2D eigenvalue weighted by atomic mass is 32.2. The van der Waals surface area contributed by atoms with E-state index in [1.165, 1.54) is 11.1 Å². The fraction of sp³-hybridized carbons (Fsp3) is 0.333. The second-order valence-corrected chi connectivity index (χ2v) is 8.63. The van der Waals surface area contributed by atoms with Crippen molar-refractivity contribution in [3.05, 3.63) is 81.6 Å². The molecule has 0 bridgehead atoms. The second kappa shape index (κ2) is 7.59. The van der Waals surface area contributed by atoms with Gasteiger partial charge in [-0.25, -0.2) is 4.98 Å². The molecule has 1 unspecified atom stereocenters. The molecule has 0 radical (unpaired) electrons. The number of rotatable bonds is 5. The molecule has 0 saturated heterocycles. The van der Waals surface area contributed by atoms with Gasteiger partial charge in [0.25, 0.3) is 5.56 Å². The number of hydrogen-bond donors (Lipinski definition) is 0. The molecule has 0 aliphatic heterocycles. The summed E-state index contributed by atoms with van der Waals surface area (Å²) < 4.78 is 1.86. The van der Waals surface area contributed by atoms with E-state index >= 15 is 0 Å². The van der Waals surface area contributed by atoms with Gasteiger partial charge < -0.3 is 0 Å². The Labute approximate surface area is 170 Å². The van der Waals surface area contributed by atoms with Crippen molar-refractivity contribution in [3.8, 4) is 11.3 Å². The average molecular weight is 391 g/mol. The van der Waals surface area contributed by atoms with Crippen LogP contribution in [0.15, 0.2) is 64.5 Å². The Morgan fingerprint density at radius 3 is 2.50 bits per heavy atom. The molecule has 144 valence electrons. The maximum absolute atomic E-state index is 13.6. The minimum absolute atomic E-state index is 0.127. The fourth-order valence-electron chi connectivity index (χ4n) is 4.10. The largest absolute Gasteiger partial charge is 0.288 e. The highest BCUT2D eigenvalue weighted by molar-refractivity contribution is 7.98. The van der Waals surface area contributed by atoms with Crippen LogP contribution in [0.25, 0.3) is 11.3 Å². The lowest BCUT2D eigenvalue weighted by atomic mass is 9.69. The van der Waals surface area contributed by atoms with Crippen LogP contribution in [0.2, 0.25) is 0 Å². The molecule has 1 heterocycles. The summed E-state index contributed by atoms with van der Waals surface area (Å²) in [6.45, 7) is 7.05. The van der Waals surface area contributed by atoms with Gasteiger partial charge in [-0.2, -0.15) is 0 Å². The Morgan fingerprint density at radius 1 is 1.07 bits per heavy atom. The van der Waals surface area contributed by atoms with Crippen molar-refractivity contribution in [2.75, 3.05) is 0 Å². The van der Waals surface area contributed by atoms with E-state index in [1.54, 1.807) is 11.8 Å². The first-order valence-electron chi connectivity index (χ1n) is 9.97. The number of fused-ring (bicyclic) bond motifs is 3. The summed E-state index contributed by atoms with van der Waals surface area (Å²) in [5.41, 5.74) is 5.37. The number of nitrogens with zero attached hydrogens (tertiary/aromatic N) is 2. The molecule has 1 aliphatic carbocycles. The SMILES string of the molecule is CCn1c(SCc2ccccc2)nc2c(c1=O)C(C)(CC)Cc1ccccc1-2. The number of hydrogen-bond acceptors (Lipinski definition) is 3. The highest BCUT2D eigenvalue weighted by Crippen LogP contribution is 2.43. The molecule has 28 heavy (non-hydrogen) atoms. The zero-order valence-corrected chi connectivity index (χ0v) is 17.6. The Hall–Kier alpha value is -2.33. The zero-order valence-electron chi connectivity index (χ0n) is 16.7. The lowest BCUT2D eigenvalue weighted by Gasteiger charge is -2.35. The van der Waals surface area contributed by atoms with E-state index in [-0.39, 0.29) is 11.0 Å². The molecule has 0 fully saturated rings. The predicted octanol–water partition coefficient (Wildman–Crippen LogP) is 5.45. The third-order valence-electron chi connectivity index (χ3n) is 5.90. The first-order chi connectivity index (χ1) is 13.6. The van der Waals surface area contributed by atoms with Gasteiger partial charge >= 0.3 is 0 Å². The van der Waals surface area contributed by atoms with Crippen LogP contribution in [0.1, 0.15) is 43.9 Å². The number of thioether (sulfide) groups is 1.